The van der Waals surface area contributed by atoms with Gasteiger partial charge in [0.1, 0.15) is 11.2 Å². The summed E-state index contributed by atoms with van der Waals surface area (Å²) < 4.78 is 11.0. The van der Waals surface area contributed by atoms with Gasteiger partial charge in [-0.05, 0) is 33.6 Å². The third kappa shape index (κ3) is 3.35. The van der Waals surface area contributed by atoms with E-state index in [-0.39, 0.29) is 11.7 Å². The Morgan fingerprint density at radius 2 is 2.11 bits per heavy atom. The third-order valence-corrected chi connectivity index (χ3v) is 2.30. The monoisotopic (exact) mass is 251 g/mol. The number of ether oxygens (including phenoxy) is 2. The van der Waals surface area contributed by atoms with Crippen LogP contribution in [0.4, 0.5) is 0 Å². The first-order valence-electron chi connectivity index (χ1n) is 5.94. The Hall–Kier alpha value is -1.78. The average molecular weight is 251 g/mol. The highest BCUT2D eigenvalue weighted by molar-refractivity contribution is 5.91. The molecule has 0 spiro atoms. The zero-order chi connectivity index (χ0) is 13.3. The first-order valence-corrected chi connectivity index (χ1v) is 5.94. The molecule has 0 bridgehead atoms. The zero-order valence-corrected chi connectivity index (χ0v) is 10.8. The lowest BCUT2D eigenvalue weighted by Gasteiger charge is -2.20. The summed E-state index contributed by atoms with van der Waals surface area (Å²) in [5.74, 6) is -0.430. The van der Waals surface area contributed by atoms with Crippen molar-refractivity contribution in [3.05, 3.63) is 17.8 Å². The summed E-state index contributed by atoms with van der Waals surface area (Å²) in [6.45, 7) is 5.64. The first kappa shape index (κ1) is 12.7. The summed E-state index contributed by atoms with van der Waals surface area (Å²) >= 11 is 0. The topological polar surface area (TPSA) is 68.7 Å². The number of carboxylic acid groups (broad SMARTS) is 1. The highest BCUT2D eigenvalue weighted by atomic mass is 16.5. The largest absolute Gasteiger partial charge is 0.488 e. The molecule has 0 saturated heterocycles. The minimum Gasteiger partial charge on any atom is -0.488 e. The number of aromatic carboxylic acids is 1. The van der Waals surface area contributed by atoms with Crippen molar-refractivity contribution in [3.8, 4) is 11.6 Å². The molecule has 18 heavy (non-hydrogen) atoms. The number of hydrogen-bond donors (Lipinski definition) is 1. The van der Waals surface area contributed by atoms with Crippen LogP contribution in [-0.4, -0.2) is 27.8 Å². The van der Waals surface area contributed by atoms with Gasteiger partial charge >= 0.3 is 5.97 Å². The van der Waals surface area contributed by atoms with Crippen LogP contribution in [-0.2, 0) is 0 Å². The average Bonchev–Trinajstić information content (AvgIpc) is 3.01. The van der Waals surface area contributed by atoms with Gasteiger partial charge in [0.25, 0.3) is 0 Å². The summed E-state index contributed by atoms with van der Waals surface area (Å²) in [6.07, 6.45) is 3.50. The summed E-state index contributed by atoms with van der Waals surface area (Å²) in [6, 6.07) is 1.41. The van der Waals surface area contributed by atoms with Gasteiger partial charge in [-0.2, -0.15) is 0 Å². The molecule has 0 radical (unpaired) electrons. The molecular weight excluding hydrogens is 234 g/mol. The minimum atomic E-state index is -1.04. The quantitative estimate of drug-likeness (QED) is 0.890. The molecule has 5 heteroatoms. The Morgan fingerprint density at radius 3 is 2.61 bits per heavy atom. The molecule has 1 saturated carbocycles. The van der Waals surface area contributed by atoms with Crippen LogP contribution in [0, 0.1) is 0 Å². The van der Waals surface area contributed by atoms with Crippen LogP contribution in [0.15, 0.2) is 12.3 Å². The molecule has 0 atom stereocenters. The number of hydrogen-bond acceptors (Lipinski definition) is 4. The van der Waals surface area contributed by atoms with Crippen LogP contribution >= 0.6 is 0 Å². The maximum atomic E-state index is 11.2. The van der Waals surface area contributed by atoms with Gasteiger partial charge < -0.3 is 14.6 Å². The molecule has 0 unspecified atom stereocenters. The molecule has 5 nitrogen and oxygen atoms in total. The van der Waals surface area contributed by atoms with Gasteiger partial charge in [0, 0.05) is 6.07 Å². The lowest BCUT2D eigenvalue weighted by Crippen LogP contribution is -2.23. The fourth-order valence-electron chi connectivity index (χ4n) is 1.42. The molecule has 0 aromatic carbocycles. The fraction of sp³-hybridized carbons (Fsp3) is 0.538. The van der Waals surface area contributed by atoms with Crippen LogP contribution < -0.4 is 9.47 Å². The summed E-state index contributed by atoms with van der Waals surface area (Å²) in [5.41, 5.74) is -0.321. The van der Waals surface area contributed by atoms with E-state index in [1.807, 2.05) is 20.8 Å². The Bertz CT molecular complexity index is 461. The van der Waals surface area contributed by atoms with Gasteiger partial charge in [0.15, 0.2) is 5.75 Å². The number of aromatic nitrogens is 1. The Balaban J connectivity index is 2.24. The third-order valence-electron chi connectivity index (χ3n) is 2.30. The molecule has 1 heterocycles. The van der Waals surface area contributed by atoms with Crippen molar-refractivity contribution >= 4 is 5.97 Å². The van der Waals surface area contributed by atoms with Crippen LogP contribution in [0.5, 0.6) is 11.6 Å². The van der Waals surface area contributed by atoms with Crippen molar-refractivity contribution in [2.75, 3.05) is 0 Å². The van der Waals surface area contributed by atoms with E-state index in [1.54, 1.807) is 0 Å². The number of rotatable bonds is 4. The summed E-state index contributed by atoms with van der Waals surface area (Å²) in [5, 5.41) is 9.16. The molecule has 1 fully saturated rings. The SMILES string of the molecule is CC(C)(C)Oc1cc(C(=O)O)c(OC2CC2)cn1. The highest BCUT2D eigenvalue weighted by Crippen LogP contribution is 2.30. The number of carbonyl (C=O) groups is 1. The molecule has 1 aliphatic rings. The maximum absolute atomic E-state index is 11.2. The first-order chi connectivity index (χ1) is 8.35. The second kappa shape index (κ2) is 4.48. The van der Waals surface area contributed by atoms with Crippen LogP contribution in [0.1, 0.15) is 44.0 Å². The Labute approximate surface area is 106 Å². The summed E-state index contributed by atoms with van der Waals surface area (Å²) in [7, 11) is 0. The van der Waals surface area contributed by atoms with E-state index < -0.39 is 11.6 Å². The van der Waals surface area contributed by atoms with Crippen LogP contribution in [0.25, 0.3) is 0 Å². The van der Waals surface area contributed by atoms with E-state index >= 15 is 0 Å². The van der Waals surface area contributed by atoms with E-state index in [9.17, 15) is 4.79 Å². The van der Waals surface area contributed by atoms with Crippen molar-refractivity contribution in [2.45, 2.75) is 45.3 Å². The van der Waals surface area contributed by atoms with Gasteiger partial charge in [-0.15, -0.1) is 0 Å². The van der Waals surface area contributed by atoms with Crippen molar-refractivity contribution in [3.63, 3.8) is 0 Å². The normalized spacial score (nSPS) is 15.3. The standard InChI is InChI=1S/C13H17NO4/c1-13(2,3)18-11-6-9(12(15)16)10(7-14-11)17-8-4-5-8/h6-8H,4-5H2,1-3H3,(H,15,16). The number of carboxylic acids is 1. The lowest BCUT2D eigenvalue weighted by atomic mass is 10.2. The Kier molecular flexibility index (Phi) is 3.15. The smallest absolute Gasteiger partial charge is 0.339 e. The van der Waals surface area contributed by atoms with Crippen molar-refractivity contribution in [1.29, 1.82) is 0 Å². The van der Waals surface area contributed by atoms with Crippen molar-refractivity contribution in [2.24, 2.45) is 0 Å². The molecule has 1 N–H and O–H groups in total. The molecule has 98 valence electrons. The van der Waals surface area contributed by atoms with E-state index in [2.05, 4.69) is 4.98 Å². The molecule has 1 aromatic rings. The van der Waals surface area contributed by atoms with Gasteiger partial charge in [0.2, 0.25) is 5.88 Å². The van der Waals surface area contributed by atoms with Crippen molar-refractivity contribution < 1.29 is 19.4 Å². The van der Waals surface area contributed by atoms with E-state index in [0.717, 1.165) is 12.8 Å². The molecule has 1 aromatic heterocycles. The number of pyridine rings is 1. The van der Waals surface area contributed by atoms with Gasteiger partial charge in [0.05, 0.1) is 12.3 Å². The second-order valence-electron chi connectivity index (χ2n) is 5.36. The minimum absolute atomic E-state index is 0.0937. The molecule has 1 aliphatic carbocycles. The zero-order valence-electron chi connectivity index (χ0n) is 10.8. The maximum Gasteiger partial charge on any atom is 0.339 e. The van der Waals surface area contributed by atoms with Gasteiger partial charge in [-0.3, -0.25) is 0 Å². The molecular formula is C13H17NO4. The van der Waals surface area contributed by atoms with E-state index in [0.29, 0.717) is 11.6 Å². The van der Waals surface area contributed by atoms with Gasteiger partial charge in [-0.1, -0.05) is 0 Å². The highest BCUT2D eigenvalue weighted by Gasteiger charge is 2.26. The molecule has 0 amide bonds. The van der Waals surface area contributed by atoms with E-state index in [4.69, 9.17) is 14.6 Å². The second-order valence-corrected chi connectivity index (χ2v) is 5.36. The van der Waals surface area contributed by atoms with Crippen molar-refractivity contribution in [1.82, 2.24) is 4.98 Å². The predicted molar refractivity (Wildman–Crippen MR) is 65.2 cm³/mol. The molecule has 2 rings (SSSR count). The summed E-state index contributed by atoms with van der Waals surface area (Å²) in [4.78, 5) is 15.3. The van der Waals surface area contributed by atoms with E-state index in [1.165, 1.54) is 12.3 Å². The number of nitrogens with zero attached hydrogens (tertiary/aromatic N) is 1. The Morgan fingerprint density at radius 1 is 1.44 bits per heavy atom. The predicted octanol–water partition coefficient (Wildman–Crippen LogP) is 2.50. The fourth-order valence-corrected chi connectivity index (χ4v) is 1.42. The van der Waals surface area contributed by atoms with Gasteiger partial charge in [-0.25, -0.2) is 9.78 Å². The lowest BCUT2D eigenvalue weighted by molar-refractivity contribution is 0.0688. The van der Waals surface area contributed by atoms with Crippen LogP contribution in [0.2, 0.25) is 0 Å². The molecule has 0 aliphatic heterocycles. The van der Waals surface area contributed by atoms with Crippen LogP contribution in [0.3, 0.4) is 0 Å².